The number of rotatable bonds is 5. The zero-order valence-electron chi connectivity index (χ0n) is 22.6. The van der Waals surface area contributed by atoms with Crippen LogP contribution in [-0.4, -0.2) is 58.7 Å². The predicted molar refractivity (Wildman–Crippen MR) is 137 cm³/mol. The summed E-state index contributed by atoms with van der Waals surface area (Å²) in [5.41, 5.74) is -1.19. The van der Waals surface area contributed by atoms with Crippen molar-refractivity contribution in [1.82, 2.24) is 19.9 Å². The quantitative estimate of drug-likeness (QED) is 0.323. The van der Waals surface area contributed by atoms with Crippen LogP contribution in [0.3, 0.4) is 0 Å². The molecule has 3 aromatic rings. The van der Waals surface area contributed by atoms with E-state index in [-0.39, 0.29) is 46.4 Å². The summed E-state index contributed by atoms with van der Waals surface area (Å²) < 4.78 is 105. The Morgan fingerprint density at radius 3 is 2.41 bits per heavy atom. The maximum absolute atomic E-state index is 15.0. The summed E-state index contributed by atoms with van der Waals surface area (Å²) in [4.78, 5) is 15.3. The van der Waals surface area contributed by atoms with E-state index >= 15 is 0 Å². The number of piperidine rings is 1. The highest BCUT2D eigenvalue weighted by Gasteiger charge is 2.43. The van der Waals surface area contributed by atoms with E-state index in [0.29, 0.717) is 25.9 Å². The summed E-state index contributed by atoms with van der Waals surface area (Å²) in [7, 11) is 1.92. The number of anilines is 1. The first-order valence-corrected chi connectivity index (χ1v) is 13.2. The summed E-state index contributed by atoms with van der Waals surface area (Å²) in [5, 5.41) is 0. The molecule has 0 amide bonds. The van der Waals surface area contributed by atoms with Gasteiger partial charge in [0.2, 0.25) is 0 Å². The number of benzene rings is 1. The third-order valence-corrected chi connectivity index (χ3v) is 7.38. The summed E-state index contributed by atoms with van der Waals surface area (Å²) in [5.74, 6) is -3.04. The molecule has 0 spiro atoms. The van der Waals surface area contributed by atoms with Crippen LogP contribution in [0, 0.1) is 11.6 Å². The van der Waals surface area contributed by atoms with Gasteiger partial charge in [0, 0.05) is 17.3 Å². The van der Waals surface area contributed by atoms with Crippen LogP contribution in [0.15, 0.2) is 30.5 Å². The molecule has 0 radical (unpaired) electrons. The third kappa shape index (κ3) is 6.09. The van der Waals surface area contributed by atoms with Gasteiger partial charge in [0.25, 0.3) is 0 Å². The third-order valence-electron chi connectivity index (χ3n) is 7.38. The molecule has 2 aliphatic rings. The lowest BCUT2D eigenvalue weighted by Gasteiger charge is -2.38. The molecule has 0 bridgehead atoms. The number of aromatic nitrogens is 3. The van der Waals surface area contributed by atoms with Gasteiger partial charge >= 0.3 is 12.3 Å². The van der Waals surface area contributed by atoms with E-state index in [1.807, 2.05) is 7.05 Å². The van der Waals surface area contributed by atoms with Gasteiger partial charge in [0.05, 0.1) is 18.3 Å². The number of pyridine rings is 1. The Labute approximate surface area is 232 Å². The highest BCUT2D eigenvalue weighted by atomic mass is 19.4. The largest absolute Gasteiger partial charge is 0.433 e. The van der Waals surface area contributed by atoms with Crippen LogP contribution in [0.4, 0.5) is 36.4 Å². The van der Waals surface area contributed by atoms with E-state index in [2.05, 4.69) is 24.6 Å². The summed E-state index contributed by atoms with van der Waals surface area (Å²) in [6, 6.07) is 4.56. The lowest BCUT2D eigenvalue weighted by atomic mass is 9.88. The van der Waals surface area contributed by atoms with Crippen LogP contribution >= 0.6 is 0 Å². The van der Waals surface area contributed by atoms with Crippen LogP contribution < -0.4 is 9.64 Å². The molecular formula is C28H28F7N5O. The van der Waals surface area contributed by atoms with Gasteiger partial charge < -0.3 is 14.5 Å². The van der Waals surface area contributed by atoms with Crippen LogP contribution in [0.1, 0.15) is 55.4 Å². The van der Waals surface area contributed by atoms with Crippen molar-refractivity contribution < 1.29 is 35.5 Å². The Bertz CT molecular complexity index is 1440. The maximum Gasteiger partial charge on any atom is 0.433 e. The second-order valence-electron chi connectivity index (χ2n) is 10.7. The Morgan fingerprint density at radius 1 is 1.05 bits per heavy atom. The molecular weight excluding hydrogens is 555 g/mol. The molecule has 2 aliphatic heterocycles. The fourth-order valence-electron chi connectivity index (χ4n) is 5.29. The second-order valence-corrected chi connectivity index (χ2v) is 10.7. The number of halogens is 7. The first kappa shape index (κ1) is 29.0. The van der Waals surface area contributed by atoms with Gasteiger partial charge in [-0.05, 0) is 76.5 Å². The van der Waals surface area contributed by atoms with E-state index in [0.717, 1.165) is 12.3 Å². The van der Waals surface area contributed by atoms with Crippen LogP contribution in [-0.2, 0) is 12.6 Å². The summed E-state index contributed by atoms with van der Waals surface area (Å²) in [6.07, 6.45) is -6.55. The molecule has 0 unspecified atom stereocenters. The molecule has 0 saturated carbocycles. The molecule has 0 N–H and O–H groups in total. The van der Waals surface area contributed by atoms with E-state index in [9.17, 15) is 30.7 Å². The average molecular weight is 584 g/mol. The minimum absolute atomic E-state index is 0.00136. The Morgan fingerprint density at radius 2 is 1.76 bits per heavy atom. The minimum Gasteiger partial charge on any atom is -0.426 e. The molecule has 1 aromatic carbocycles. The standard InChI is InChI=1S/C28H28F7N5O/c1-15(2)40-14-27(31,32)41-25-20(29)10-17(11-22(25)40)24-21(30)13-36-23(38-24)12-18-4-5-19(26(37-18)28(33,34)35)16-6-8-39(3)9-7-16/h4-5,10-11,13,15-16H,6-9,12,14H2,1-3H3. The van der Waals surface area contributed by atoms with Crippen molar-refractivity contribution in [3.63, 3.8) is 0 Å². The van der Waals surface area contributed by atoms with Crippen LogP contribution in [0.25, 0.3) is 11.3 Å². The van der Waals surface area contributed by atoms with Crippen molar-refractivity contribution in [1.29, 1.82) is 0 Å². The van der Waals surface area contributed by atoms with E-state index in [4.69, 9.17) is 0 Å². The van der Waals surface area contributed by atoms with Crippen molar-refractivity contribution in [2.45, 2.75) is 57.4 Å². The van der Waals surface area contributed by atoms with Crippen molar-refractivity contribution in [2.75, 3.05) is 31.6 Å². The van der Waals surface area contributed by atoms with Crippen molar-refractivity contribution >= 4 is 5.69 Å². The highest BCUT2D eigenvalue weighted by Crippen LogP contribution is 2.44. The van der Waals surface area contributed by atoms with Crippen molar-refractivity contribution in [2.24, 2.45) is 0 Å². The molecule has 1 saturated heterocycles. The number of fused-ring (bicyclic) bond motifs is 1. The monoisotopic (exact) mass is 583 g/mol. The predicted octanol–water partition coefficient (Wildman–Crippen LogP) is 6.44. The second kappa shape index (κ2) is 10.7. The Kier molecular flexibility index (Phi) is 7.60. The Hall–Kier alpha value is -3.48. The van der Waals surface area contributed by atoms with Gasteiger partial charge in [-0.2, -0.15) is 22.0 Å². The van der Waals surface area contributed by atoms with Gasteiger partial charge in [0.1, 0.15) is 23.8 Å². The molecule has 0 atom stereocenters. The molecule has 6 nitrogen and oxygen atoms in total. The first-order valence-electron chi connectivity index (χ1n) is 13.2. The molecule has 41 heavy (non-hydrogen) atoms. The SMILES string of the molecule is CC(C)N1CC(F)(F)Oc2c(F)cc(-c3nc(Cc4ccc(C5CCN(C)CC5)c(C(F)(F)F)n4)ncc3F)cc21. The smallest absolute Gasteiger partial charge is 0.426 e. The zero-order valence-corrected chi connectivity index (χ0v) is 22.6. The number of alkyl halides is 5. The average Bonchev–Trinajstić information content (AvgIpc) is 2.89. The number of hydrogen-bond acceptors (Lipinski definition) is 6. The fraction of sp³-hybridized carbons (Fsp3) is 0.464. The van der Waals surface area contributed by atoms with Gasteiger partial charge in [-0.1, -0.05) is 6.07 Å². The molecule has 5 rings (SSSR count). The Balaban J connectivity index is 1.48. The van der Waals surface area contributed by atoms with Gasteiger partial charge in [-0.3, -0.25) is 0 Å². The van der Waals surface area contributed by atoms with Crippen LogP contribution in [0.2, 0.25) is 0 Å². The first-order chi connectivity index (χ1) is 19.2. The number of hydrogen-bond donors (Lipinski definition) is 0. The fourth-order valence-corrected chi connectivity index (χ4v) is 5.29. The number of nitrogens with zero attached hydrogens (tertiary/aromatic N) is 5. The summed E-state index contributed by atoms with van der Waals surface area (Å²) in [6.45, 7) is 3.81. The highest BCUT2D eigenvalue weighted by molar-refractivity contribution is 5.72. The van der Waals surface area contributed by atoms with Crippen molar-refractivity contribution in [3.8, 4) is 17.0 Å². The van der Waals surface area contributed by atoms with Crippen LogP contribution in [0.5, 0.6) is 5.75 Å². The molecule has 1 fully saturated rings. The normalized spacial score (nSPS) is 18.0. The molecule has 2 aromatic heterocycles. The summed E-state index contributed by atoms with van der Waals surface area (Å²) >= 11 is 0. The maximum atomic E-state index is 15.0. The van der Waals surface area contributed by atoms with Gasteiger partial charge in [0.15, 0.2) is 17.4 Å². The number of likely N-dealkylation sites (tertiary alicyclic amines) is 1. The van der Waals surface area contributed by atoms with Crippen molar-refractivity contribution in [3.05, 3.63) is 64.9 Å². The number of ether oxygens (including phenoxy) is 1. The topological polar surface area (TPSA) is 54.4 Å². The lowest BCUT2D eigenvalue weighted by molar-refractivity contribution is -0.174. The van der Waals surface area contributed by atoms with Gasteiger partial charge in [-0.25, -0.2) is 23.7 Å². The lowest BCUT2D eigenvalue weighted by Crippen LogP contribution is -2.48. The van der Waals surface area contributed by atoms with Gasteiger partial charge in [-0.15, -0.1) is 0 Å². The van der Waals surface area contributed by atoms with E-state index in [1.54, 1.807) is 13.8 Å². The molecule has 0 aliphatic carbocycles. The minimum atomic E-state index is -4.68. The van der Waals surface area contributed by atoms with E-state index < -0.39 is 47.9 Å². The molecule has 13 heteroatoms. The molecule has 4 heterocycles. The zero-order chi connectivity index (χ0) is 29.7. The molecule has 220 valence electrons. The van der Waals surface area contributed by atoms with E-state index in [1.165, 1.54) is 23.1 Å².